The molecule has 3 nitrogen and oxygen atoms in total. The molecule has 0 spiro atoms. The molecule has 2 saturated carbocycles. The zero-order valence-electron chi connectivity index (χ0n) is 11.4. The molecule has 20 heavy (non-hydrogen) atoms. The fourth-order valence-corrected chi connectivity index (χ4v) is 3.42. The first kappa shape index (κ1) is 13.7. The number of hydrogen-bond donors (Lipinski definition) is 1. The van der Waals surface area contributed by atoms with Crippen molar-refractivity contribution >= 4 is 17.6 Å². The van der Waals surface area contributed by atoms with Crippen molar-refractivity contribution in [1.82, 2.24) is 0 Å². The summed E-state index contributed by atoms with van der Waals surface area (Å²) in [6.07, 6.45) is 5.64. The van der Waals surface area contributed by atoms with Crippen LogP contribution < -0.4 is 4.74 Å². The van der Waals surface area contributed by atoms with E-state index in [2.05, 4.69) is 0 Å². The summed E-state index contributed by atoms with van der Waals surface area (Å²) < 4.78 is 5.76. The molecule has 0 amide bonds. The van der Waals surface area contributed by atoms with Gasteiger partial charge in [0.25, 0.3) is 0 Å². The minimum atomic E-state index is -0.823. The van der Waals surface area contributed by atoms with Gasteiger partial charge >= 0.3 is 5.97 Å². The molecule has 3 rings (SSSR count). The fraction of sp³-hybridized carbons (Fsp3) is 0.562. The van der Waals surface area contributed by atoms with Crippen molar-refractivity contribution in [1.29, 1.82) is 0 Å². The summed E-state index contributed by atoms with van der Waals surface area (Å²) in [7, 11) is 0. The molecule has 0 radical (unpaired) electrons. The van der Waals surface area contributed by atoms with Crippen LogP contribution in [0.5, 0.6) is 5.75 Å². The van der Waals surface area contributed by atoms with Gasteiger partial charge in [0, 0.05) is 0 Å². The molecular formula is C16H19ClO3. The minimum absolute atomic E-state index is 0.484. The zero-order valence-corrected chi connectivity index (χ0v) is 12.2. The van der Waals surface area contributed by atoms with E-state index in [1.807, 2.05) is 18.2 Å². The molecule has 0 heterocycles. The number of carbonyl (C=O) groups is 1. The van der Waals surface area contributed by atoms with Gasteiger partial charge in [0.1, 0.15) is 5.75 Å². The Morgan fingerprint density at radius 1 is 1.35 bits per heavy atom. The molecule has 1 aromatic rings. The Labute approximate surface area is 123 Å². The van der Waals surface area contributed by atoms with Crippen molar-refractivity contribution in [3.8, 4) is 5.75 Å². The monoisotopic (exact) mass is 294 g/mol. The maximum Gasteiger partial charge on any atom is 0.314 e. The topological polar surface area (TPSA) is 46.5 Å². The highest BCUT2D eigenvalue weighted by molar-refractivity contribution is 6.33. The number of carboxylic acids is 1. The molecule has 0 aromatic heterocycles. The number of hydrogen-bond acceptors (Lipinski definition) is 2. The van der Waals surface area contributed by atoms with Crippen LogP contribution in [0.15, 0.2) is 18.2 Å². The average Bonchev–Trinajstić information content (AvgIpc) is 3.12. The van der Waals surface area contributed by atoms with Gasteiger partial charge in [-0.1, -0.05) is 36.6 Å². The first-order valence-corrected chi connectivity index (χ1v) is 7.66. The van der Waals surface area contributed by atoms with Crippen molar-refractivity contribution in [2.45, 2.75) is 43.9 Å². The molecule has 2 aliphatic carbocycles. The van der Waals surface area contributed by atoms with Gasteiger partial charge in [-0.3, -0.25) is 4.79 Å². The van der Waals surface area contributed by atoms with E-state index in [-0.39, 0.29) is 0 Å². The first-order valence-electron chi connectivity index (χ1n) is 7.29. The zero-order chi connectivity index (χ0) is 14.2. The molecule has 0 saturated heterocycles. The molecule has 4 heteroatoms. The van der Waals surface area contributed by atoms with Crippen LogP contribution in [-0.4, -0.2) is 17.7 Å². The summed E-state index contributed by atoms with van der Waals surface area (Å²) in [5, 5.41) is 10.1. The van der Waals surface area contributed by atoms with Crippen LogP contribution in [0.2, 0.25) is 5.02 Å². The molecule has 1 N–H and O–H groups in total. The standard InChI is InChI=1S/C16H19ClO3/c17-14-12(16(15(18)19)8-1-2-9-16)4-3-5-13(14)20-10-11-6-7-11/h3-5,11H,1-2,6-10H2,(H,18,19). The van der Waals surface area contributed by atoms with E-state index in [9.17, 15) is 9.90 Å². The molecule has 0 bridgehead atoms. The molecule has 0 unspecified atom stereocenters. The van der Waals surface area contributed by atoms with Crippen LogP contribution >= 0.6 is 11.6 Å². The second-order valence-corrected chi connectivity index (χ2v) is 6.34. The second-order valence-electron chi connectivity index (χ2n) is 5.97. The maximum atomic E-state index is 11.8. The number of halogens is 1. The SMILES string of the molecule is O=C(O)C1(c2cccc(OCC3CC3)c2Cl)CCCC1. The quantitative estimate of drug-likeness (QED) is 0.892. The number of ether oxygens (including phenoxy) is 1. The Kier molecular flexibility index (Phi) is 3.63. The normalized spacial score (nSPS) is 20.9. The predicted octanol–water partition coefficient (Wildman–Crippen LogP) is 4.03. The summed E-state index contributed by atoms with van der Waals surface area (Å²) in [6, 6.07) is 5.52. The van der Waals surface area contributed by atoms with Crippen molar-refractivity contribution in [2.24, 2.45) is 5.92 Å². The van der Waals surface area contributed by atoms with E-state index in [1.54, 1.807) is 0 Å². The van der Waals surface area contributed by atoms with Crippen molar-refractivity contribution < 1.29 is 14.6 Å². The Balaban J connectivity index is 1.91. The van der Waals surface area contributed by atoms with Crippen LogP contribution in [-0.2, 0) is 10.2 Å². The smallest absolute Gasteiger partial charge is 0.314 e. The number of rotatable bonds is 5. The lowest BCUT2D eigenvalue weighted by atomic mass is 9.79. The van der Waals surface area contributed by atoms with Gasteiger partial charge in [-0.05, 0) is 43.2 Å². The Morgan fingerprint density at radius 3 is 2.65 bits per heavy atom. The summed E-state index contributed by atoms with van der Waals surface area (Å²) >= 11 is 6.44. The third-order valence-electron chi connectivity index (χ3n) is 4.52. The Hall–Kier alpha value is -1.22. The molecule has 2 fully saturated rings. The van der Waals surface area contributed by atoms with Gasteiger partial charge in [-0.2, -0.15) is 0 Å². The summed E-state index contributed by atoms with van der Waals surface area (Å²) in [6.45, 7) is 0.684. The molecule has 1 aromatic carbocycles. The van der Waals surface area contributed by atoms with Crippen LogP contribution in [0.25, 0.3) is 0 Å². The highest BCUT2D eigenvalue weighted by atomic mass is 35.5. The third kappa shape index (κ3) is 2.39. The van der Waals surface area contributed by atoms with Gasteiger partial charge in [0.05, 0.1) is 17.0 Å². The maximum absolute atomic E-state index is 11.8. The van der Waals surface area contributed by atoms with Crippen molar-refractivity contribution in [2.75, 3.05) is 6.61 Å². The van der Waals surface area contributed by atoms with E-state index in [0.29, 0.717) is 36.1 Å². The second kappa shape index (κ2) is 5.28. The average molecular weight is 295 g/mol. The van der Waals surface area contributed by atoms with E-state index >= 15 is 0 Å². The third-order valence-corrected chi connectivity index (χ3v) is 4.91. The van der Waals surface area contributed by atoms with Gasteiger partial charge in [-0.15, -0.1) is 0 Å². The van der Waals surface area contributed by atoms with Crippen LogP contribution in [0, 0.1) is 5.92 Å². The molecule has 0 aliphatic heterocycles. The summed E-state index contributed by atoms with van der Waals surface area (Å²) in [4.78, 5) is 11.8. The van der Waals surface area contributed by atoms with E-state index < -0.39 is 11.4 Å². The van der Waals surface area contributed by atoms with Gasteiger partial charge in [0.15, 0.2) is 0 Å². The van der Waals surface area contributed by atoms with Crippen LogP contribution in [0.3, 0.4) is 0 Å². The lowest BCUT2D eigenvalue weighted by Gasteiger charge is -2.26. The Bertz CT molecular complexity index is 516. The van der Waals surface area contributed by atoms with Gasteiger partial charge < -0.3 is 9.84 Å². The van der Waals surface area contributed by atoms with Gasteiger partial charge in [-0.25, -0.2) is 0 Å². The van der Waals surface area contributed by atoms with Crippen molar-refractivity contribution in [3.05, 3.63) is 28.8 Å². The largest absolute Gasteiger partial charge is 0.492 e. The molecule has 0 atom stereocenters. The Morgan fingerprint density at radius 2 is 2.05 bits per heavy atom. The first-order chi connectivity index (χ1) is 9.63. The highest BCUT2D eigenvalue weighted by Gasteiger charge is 2.44. The van der Waals surface area contributed by atoms with E-state index in [1.165, 1.54) is 12.8 Å². The summed E-state index contributed by atoms with van der Waals surface area (Å²) in [5.41, 5.74) is -0.104. The molecule has 108 valence electrons. The molecular weight excluding hydrogens is 276 g/mol. The van der Waals surface area contributed by atoms with E-state index in [4.69, 9.17) is 16.3 Å². The van der Waals surface area contributed by atoms with Crippen molar-refractivity contribution in [3.63, 3.8) is 0 Å². The minimum Gasteiger partial charge on any atom is -0.492 e. The highest BCUT2D eigenvalue weighted by Crippen LogP contribution is 2.46. The molecule has 2 aliphatic rings. The fourth-order valence-electron chi connectivity index (χ4n) is 3.06. The number of benzene rings is 1. The predicted molar refractivity (Wildman–Crippen MR) is 77.5 cm³/mol. The summed E-state index contributed by atoms with van der Waals surface area (Å²) in [5.74, 6) is 0.509. The van der Waals surface area contributed by atoms with E-state index in [0.717, 1.165) is 18.4 Å². The lowest BCUT2D eigenvalue weighted by molar-refractivity contribution is -0.143. The lowest BCUT2D eigenvalue weighted by Crippen LogP contribution is -2.33. The number of carboxylic acid groups (broad SMARTS) is 1. The van der Waals surface area contributed by atoms with Crippen LogP contribution in [0.4, 0.5) is 0 Å². The number of aliphatic carboxylic acids is 1. The van der Waals surface area contributed by atoms with Gasteiger partial charge in [0.2, 0.25) is 0 Å². The van der Waals surface area contributed by atoms with Crippen LogP contribution in [0.1, 0.15) is 44.1 Å².